The van der Waals surface area contributed by atoms with E-state index in [2.05, 4.69) is 4.90 Å². The maximum atomic E-state index is 11.6. The second-order valence-corrected chi connectivity index (χ2v) is 3.85. The van der Waals surface area contributed by atoms with Crippen LogP contribution in [0.3, 0.4) is 0 Å². The molecule has 1 rings (SSSR count). The summed E-state index contributed by atoms with van der Waals surface area (Å²) < 4.78 is 0. The van der Waals surface area contributed by atoms with E-state index in [-0.39, 0.29) is 6.03 Å². The molecule has 0 N–H and O–H groups in total. The minimum absolute atomic E-state index is 0.174. The molecule has 0 atom stereocenters. The van der Waals surface area contributed by atoms with E-state index in [4.69, 9.17) is 0 Å². The Kier molecular flexibility index (Phi) is 3.54. The lowest BCUT2D eigenvalue weighted by Gasteiger charge is -2.33. The molecule has 4 heteroatoms. The van der Waals surface area contributed by atoms with E-state index in [0.717, 1.165) is 32.6 Å². The van der Waals surface area contributed by atoms with E-state index < -0.39 is 0 Å². The van der Waals surface area contributed by atoms with Gasteiger partial charge in [-0.15, -0.1) is 0 Å². The van der Waals surface area contributed by atoms with Gasteiger partial charge < -0.3 is 14.7 Å². The van der Waals surface area contributed by atoms with Gasteiger partial charge in [-0.3, -0.25) is 0 Å². The minimum atomic E-state index is 0.174. The van der Waals surface area contributed by atoms with Crippen LogP contribution in [0.4, 0.5) is 4.79 Å². The van der Waals surface area contributed by atoms with Crippen LogP contribution in [0, 0.1) is 0 Å². The standard InChI is InChI=1S/C9H19N3O/c1-10(2)7-8-12-6-4-5-11(3)9(12)13/h4-8H2,1-3H3. The Morgan fingerprint density at radius 2 is 2.08 bits per heavy atom. The molecule has 1 heterocycles. The number of carbonyl (C=O) groups is 1. The summed E-state index contributed by atoms with van der Waals surface area (Å²) in [5.41, 5.74) is 0. The molecule has 0 radical (unpaired) electrons. The van der Waals surface area contributed by atoms with E-state index in [0.29, 0.717) is 0 Å². The molecule has 0 aromatic rings. The Balaban J connectivity index is 2.35. The lowest BCUT2D eigenvalue weighted by Crippen LogP contribution is -2.49. The molecular formula is C9H19N3O. The Hall–Kier alpha value is -0.770. The summed E-state index contributed by atoms with van der Waals surface area (Å²) in [6.07, 6.45) is 1.09. The van der Waals surface area contributed by atoms with Gasteiger partial charge in [-0.25, -0.2) is 4.79 Å². The second kappa shape index (κ2) is 4.46. The summed E-state index contributed by atoms with van der Waals surface area (Å²) in [4.78, 5) is 17.4. The fraction of sp³-hybridized carbons (Fsp3) is 0.889. The van der Waals surface area contributed by atoms with Gasteiger partial charge in [-0.2, -0.15) is 0 Å². The van der Waals surface area contributed by atoms with Crippen LogP contribution in [0.2, 0.25) is 0 Å². The number of hydrogen-bond acceptors (Lipinski definition) is 2. The Bertz CT molecular complexity index is 182. The van der Waals surface area contributed by atoms with Crippen molar-refractivity contribution in [2.24, 2.45) is 0 Å². The fourth-order valence-corrected chi connectivity index (χ4v) is 1.46. The number of rotatable bonds is 3. The first-order valence-corrected chi connectivity index (χ1v) is 4.76. The first-order valence-electron chi connectivity index (χ1n) is 4.76. The van der Waals surface area contributed by atoms with Gasteiger partial charge in [0.15, 0.2) is 0 Å². The van der Waals surface area contributed by atoms with Crippen molar-refractivity contribution in [2.75, 3.05) is 47.3 Å². The van der Waals surface area contributed by atoms with Crippen LogP contribution < -0.4 is 0 Å². The zero-order valence-electron chi connectivity index (χ0n) is 8.79. The molecule has 4 nitrogen and oxygen atoms in total. The van der Waals surface area contributed by atoms with Gasteiger partial charge >= 0.3 is 6.03 Å². The maximum absolute atomic E-state index is 11.6. The second-order valence-electron chi connectivity index (χ2n) is 3.85. The Labute approximate surface area is 80.1 Å². The summed E-state index contributed by atoms with van der Waals surface area (Å²) in [5, 5.41) is 0. The first-order chi connectivity index (χ1) is 6.11. The van der Waals surface area contributed by atoms with Gasteiger partial charge in [0.25, 0.3) is 0 Å². The molecule has 1 fully saturated rings. The summed E-state index contributed by atoms with van der Waals surface area (Å²) in [7, 11) is 5.92. The largest absolute Gasteiger partial charge is 0.328 e. The smallest absolute Gasteiger partial charge is 0.319 e. The topological polar surface area (TPSA) is 26.8 Å². The zero-order chi connectivity index (χ0) is 9.84. The summed E-state index contributed by atoms with van der Waals surface area (Å²) in [6.45, 7) is 3.60. The number of nitrogens with zero attached hydrogens (tertiary/aromatic N) is 3. The van der Waals surface area contributed by atoms with E-state index >= 15 is 0 Å². The average Bonchev–Trinajstić information content (AvgIpc) is 2.07. The van der Waals surface area contributed by atoms with Crippen LogP contribution in [-0.2, 0) is 0 Å². The van der Waals surface area contributed by atoms with Crippen molar-refractivity contribution in [3.63, 3.8) is 0 Å². The molecule has 0 unspecified atom stereocenters. The normalized spacial score (nSPS) is 18.6. The summed E-state index contributed by atoms with van der Waals surface area (Å²) >= 11 is 0. The van der Waals surface area contributed by atoms with Gasteiger partial charge in [0.05, 0.1) is 0 Å². The SMILES string of the molecule is CN(C)CCN1CCCN(C)C1=O. The fourth-order valence-electron chi connectivity index (χ4n) is 1.46. The number of amides is 2. The van der Waals surface area contributed by atoms with E-state index in [1.54, 1.807) is 4.90 Å². The minimum Gasteiger partial charge on any atom is -0.328 e. The van der Waals surface area contributed by atoms with Crippen LogP contribution in [0.5, 0.6) is 0 Å². The molecule has 0 aliphatic carbocycles. The lowest BCUT2D eigenvalue weighted by atomic mass is 10.3. The summed E-state index contributed by atoms with van der Waals surface area (Å²) in [6, 6.07) is 0.174. The zero-order valence-corrected chi connectivity index (χ0v) is 8.79. The average molecular weight is 185 g/mol. The molecule has 0 aromatic heterocycles. The monoisotopic (exact) mass is 185 g/mol. The lowest BCUT2D eigenvalue weighted by molar-refractivity contribution is 0.137. The van der Waals surface area contributed by atoms with Crippen LogP contribution in [0.25, 0.3) is 0 Å². The molecule has 1 aliphatic heterocycles. The number of urea groups is 1. The third kappa shape index (κ3) is 2.88. The highest BCUT2D eigenvalue weighted by Crippen LogP contribution is 2.05. The van der Waals surface area contributed by atoms with Crippen molar-refractivity contribution in [1.82, 2.24) is 14.7 Å². The predicted octanol–water partition coefficient (Wildman–Crippen LogP) is 0.305. The van der Waals surface area contributed by atoms with Crippen molar-refractivity contribution in [2.45, 2.75) is 6.42 Å². The third-order valence-corrected chi connectivity index (χ3v) is 2.34. The first kappa shape index (κ1) is 10.3. The van der Waals surface area contributed by atoms with Crippen LogP contribution in [-0.4, -0.2) is 68.1 Å². The van der Waals surface area contributed by atoms with E-state index in [1.807, 2.05) is 26.0 Å². The number of carbonyl (C=O) groups excluding carboxylic acids is 1. The third-order valence-electron chi connectivity index (χ3n) is 2.34. The molecule has 0 aromatic carbocycles. The highest BCUT2D eigenvalue weighted by molar-refractivity contribution is 5.74. The number of hydrogen-bond donors (Lipinski definition) is 0. The van der Waals surface area contributed by atoms with Gasteiger partial charge in [-0.05, 0) is 20.5 Å². The van der Waals surface area contributed by atoms with Crippen LogP contribution >= 0.6 is 0 Å². The predicted molar refractivity (Wildman–Crippen MR) is 52.8 cm³/mol. The maximum Gasteiger partial charge on any atom is 0.319 e. The molecule has 0 bridgehead atoms. The van der Waals surface area contributed by atoms with Crippen molar-refractivity contribution < 1.29 is 4.79 Å². The molecule has 76 valence electrons. The quantitative estimate of drug-likeness (QED) is 0.632. The Morgan fingerprint density at radius 1 is 1.38 bits per heavy atom. The van der Waals surface area contributed by atoms with Gasteiger partial charge in [0.1, 0.15) is 0 Å². The highest BCUT2D eigenvalue weighted by atomic mass is 16.2. The molecule has 1 saturated heterocycles. The van der Waals surface area contributed by atoms with Crippen LogP contribution in [0.1, 0.15) is 6.42 Å². The summed E-state index contributed by atoms with van der Waals surface area (Å²) in [5.74, 6) is 0. The number of likely N-dealkylation sites (N-methyl/N-ethyl adjacent to an activating group) is 1. The van der Waals surface area contributed by atoms with Gasteiger partial charge in [0.2, 0.25) is 0 Å². The molecule has 1 aliphatic rings. The Morgan fingerprint density at radius 3 is 2.69 bits per heavy atom. The molecular weight excluding hydrogens is 166 g/mol. The van der Waals surface area contributed by atoms with Crippen molar-refractivity contribution in [1.29, 1.82) is 0 Å². The molecule has 0 spiro atoms. The van der Waals surface area contributed by atoms with Crippen molar-refractivity contribution in [3.8, 4) is 0 Å². The molecule has 0 saturated carbocycles. The van der Waals surface area contributed by atoms with Crippen LogP contribution in [0.15, 0.2) is 0 Å². The van der Waals surface area contributed by atoms with Gasteiger partial charge in [0, 0.05) is 33.2 Å². The van der Waals surface area contributed by atoms with Crippen molar-refractivity contribution in [3.05, 3.63) is 0 Å². The highest BCUT2D eigenvalue weighted by Gasteiger charge is 2.21. The molecule has 2 amide bonds. The van der Waals surface area contributed by atoms with Crippen molar-refractivity contribution >= 4 is 6.03 Å². The van der Waals surface area contributed by atoms with Gasteiger partial charge in [-0.1, -0.05) is 0 Å². The van der Waals surface area contributed by atoms with E-state index in [1.165, 1.54) is 0 Å². The van der Waals surface area contributed by atoms with E-state index in [9.17, 15) is 4.79 Å². The molecule has 13 heavy (non-hydrogen) atoms.